The van der Waals surface area contributed by atoms with Crippen molar-refractivity contribution in [2.24, 2.45) is 0 Å². The number of nitriles is 2. The van der Waals surface area contributed by atoms with Crippen molar-refractivity contribution in [3.63, 3.8) is 0 Å². The van der Waals surface area contributed by atoms with Gasteiger partial charge in [-0.1, -0.05) is 243 Å². The van der Waals surface area contributed by atoms with E-state index in [2.05, 4.69) is 255 Å². The van der Waals surface area contributed by atoms with Crippen LogP contribution < -0.4 is 0 Å². The number of hydrogen-bond acceptors (Lipinski definition) is 2. The van der Waals surface area contributed by atoms with Gasteiger partial charge in [-0.15, -0.1) is 0 Å². The molecule has 2 heteroatoms. The molecule has 13 aromatic rings. The summed E-state index contributed by atoms with van der Waals surface area (Å²) >= 11 is 0. The number of hydrogen-bond donors (Lipinski definition) is 0. The molecule has 0 spiro atoms. The van der Waals surface area contributed by atoms with E-state index in [1.54, 1.807) is 0 Å². The third kappa shape index (κ3) is 5.63. The Kier molecular flexibility index (Phi) is 8.96. The van der Waals surface area contributed by atoms with Crippen molar-refractivity contribution >= 4 is 43.1 Å². The van der Waals surface area contributed by atoms with E-state index in [4.69, 9.17) is 0 Å². The van der Waals surface area contributed by atoms with Crippen LogP contribution >= 0.6 is 0 Å². The van der Waals surface area contributed by atoms with Crippen molar-refractivity contribution in [3.8, 4) is 56.6 Å². The average Bonchev–Trinajstić information content (AvgIpc) is 4.38. The van der Waals surface area contributed by atoms with Crippen LogP contribution in [0.25, 0.3) is 87.6 Å². The Bertz CT molecular complexity index is 4610. The smallest absolute Gasteiger partial charge is 0.101 e. The highest BCUT2D eigenvalue weighted by atomic mass is 14.5. The molecule has 17 rings (SSSR count). The minimum atomic E-state index is -0.387. The number of nitrogens with zero attached hydrogens (tertiary/aromatic N) is 2. The normalized spacial score (nSPS) is 16.7. The maximum atomic E-state index is 12.5. The van der Waals surface area contributed by atoms with Gasteiger partial charge in [0, 0.05) is 23.7 Å². The van der Waals surface area contributed by atoms with Crippen molar-refractivity contribution < 1.29 is 0 Å². The molecule has 0 bridgehead atoms. The van der Waals surface area contributed by atoms with Gasteiger partial charge in [-0.05, 0) is 154 Å². The summed E-state index contributed by atoms with van der Waals surface area (Å²) < 4.78 is 0. The summed E-state index contributed by atoms with van der Waals surface area (Å²) in [6, 6.07) is 95.1. The first kappa shape index (κ1) is 43.2. The fraction of sp³-hybridized carbons (Fsp3) is 0.0526. The number of rotatable bonds is 4. The highest BCUT2D eigenvalue weighted by Gasteiger charge is 2.48. The van der Waals surface area contributed by atoms with Gasteiger partial charge in [0.15, 0.2) is 0 Å². The van der Waals surface area contributed by atoms with Crippen LogP contribution in [0.15, 0.2) is 243 Å². The van der Waals surface area contributed by atoms with E-state index in [-0.39, 0.29) is 23.7 Å². The lowest BCUT2D eigenvalue weighted by Crippen LogP contribution is -2.22. The molecule has 4 aliphatic rings. The van der Waals surface area contributed by atoms with Crippen LogP contribution in [0.2, 0.25) is 0 Å². The SMILES string of the molecule is N#Cc1c(C#N)c(C2c3ccccc3-c3c2ccc2ccccc32)c(C2c3ccccc3-c3c2ccc2ccccc32)c(C2c3ccccc3-c3c2ccc2ccccc32)c1C1c2ccccc2-c2c1ccc1ccccc21. The minimum absolute atomic E-state index is 0.328. The van der Waals surface area contributed by atoms with Crippen LogP contribution in [0.4, 0.5) is 0 Å². The Morgan fingerprint density at radius 1 is 0.218 bits per heavy atom. The Morgan fingerprint density at radius 2 is 0.449 bits per heavy atom. The van der Waals surface area contributed by atoms with Gasteiger partial charge in [0.05, 0.1) is 11.1 Å². The maximum Gasteiger partial charge on any atom is 0.101 e. The van der Waals surface area contributed by atoms with Crippen LogP contribution in [0.1, 0.15) is 102 Å². The minimum Gasteiger partial charge on any atom is -0.192 e. The molecule has 0 saturated heterocycles. The lowest BCUT2D eigenvalue weighted by Gasteiger charge is -2.35. The molecule has 13 aromatic carbocycles. The molecule has 0 amide bonds. The van der Waals surface area contributed by atoms with Crippen molar-refractivity contribution in [1.29, 1.82) is 10.5 Å². The summed E-state index contributed by atoms with van der Waals surface area (Å²) in [6.07, 6.45) is 0. The molecule has 0 fully saturated rings. The molecular formula is C76H44N2. The molecule has 4 atom stereocenters. The molecule has 0 heterocycles. The van der Waals surface area contributed by atoms with Gasteiger partial charge in [0.1, 0.15) is 12.1 Å². The molecule has 4 aliphatic carbocycles. The van der Waals surface area contributed by atoms with Crippen molar-refractivity contribution in [2.75, 3.05) is 0 Å². The van der Waals surface area contributed by atoms with Gasteiger partial charge < -0.3 is 0 Å². The van der Waals surface area contributed by atoms with E-state index in [9.17, 15) is 10.5 Å². The summed E-state index contributed by atoms with van der Waals surface area (Å²) in [5.74, 6) is -1.43. The average molecular weight is 985 g/mol. The molecular weight excluding hydrogens is 941 g/mol. The summed E-state index contributed by atoms with van der Waals surface area (Å²) in [5, 5.41) is 34.6. The van der Waals surface area contributed by atoms with E-state index in [1.165, 1.54) is 110 Å². The first-order chi connectivity index (χ1) is 38.7. The van der Waals surface area contributed by atoms with Crippen molar-refractivity contribution in [1.82, 2.24) is 0 Å². The van der Waals surface area contributed by atoms with Crippen LogP contribution in [0.3, 0.4) is 0 Å². The molecule has 0 radical (unpaired) electrons. The first-order valence-electron chi connectivity index (χ1n) is 27.2. The lowest BCUT2D eigenvalue weighted by atomic mass is 9.66. The van der Waals surface area contributed by atoms with Crippen LogP contribution in [0.5, 0.6) is 0 Å². The second kappa shape index (κ2) is 16.2. The third-order valence-corrected chi connectivity index (χ3v) is 18.3. The van der Waals surface area contributed by atoms with Crippen LogP contribution in [-0.2, 0) is 0 Å². The fourth-order valence-electron chi connectivity index (χ4n) is 15.4. The van der Waals surface area contributed by atoms with Crippen molar-refractivity contribution in [3.05, 3.63) is 321 Å². The summed E-state index contributed by atoms with van der Waals surface area (Å²) in [6.45, 7) is 0. The summed E-state index contributed by atoms with van der Waals surface area (Å²) in [4.78, 5) is 0. The van der Waals surface area contributed by atoms with Gasteiger partial charge in [-0.2, -0.15) is 10.5 Å². The fourth-order valence-corrected chi connectivity index (χ4v) is 15.4. The number of benzene rings is 13. The van der Waals surface area contributed by atoms with E-state index in [0.29, 0.717) is 11.1 Å². The standard InChI is InChI=1S/C76H44N2/c77-41-63-64(42-78)74(70-56-30-14-10-26-52(56)66-48-22-6-2-18-44(48)34-38-60(66)70)76(72-58-32-16-12-28-54(58)68-50-24-8-4-20-46(50)36-40-62(68)72)75(71-57-31-15-11-27-53(57)67-49-23-7-3-19-45(49)35-39-61(67)71)73(63)69-55-29-13-9-25-51(55)65-47-21-5-1-17-43(47)33-37-59(65)69/h1-40,69-72H. The van der Waals surface area contributed by atoms with Gasteiger partial charge in [-0.3, -0.25) is 0 Å². The first-order valence-corrected chi connectivity index (χ1v) is 27.2. The Hall–Kier alpha value is -10.1. The molecule has 0 saturated carbocycles. The van der Waals surface area contributed by atoms with E-state index < -0.39 is 0 Å². The highest BCUT2D eigenvalue weighted by Crippen LogP contribution is 2.64. The maximum absolute atomic E-state index is 12.5. The molecule has 0 aliphatic heterocycles. The Labute approximate surface area is 452 Å². The molecule has 0 aromatic heterocycles. The second-order valence-corrected chi connectivity index (χ2v) is 21.7. The molecule has 0 N–H and O–H groups in total. The zero-order chi connectivity index (χ0) is 51.3. The van der Waals surface area contributed by atoms with E-state index in [0.717, 1.165) is 44.5 Å². The quantitative estimate of drug-likeness (QED) is 0.176. The monoisotopic (exact) mass is 984 g/mol. The van der Waals surface area contributed by atoms with Crippen LogP contribution in [0, 0.1) is 22.7 Å². The Morgan fingerprint density at radius 3 is 0.718 bits per heavy atom. The third-order valence-electron chi connectivity index (χ3n) is 18.3. The van der Waals surface area contributed by atoms with Gasteiger partial charge >= 0.3 is 0 Å². The van der Waals surface area contributed by atoms with Gasteiger partial charge in [0.2, 0.25) is 0 Å². The van der Waals surface area contributed by atoms with Crippen molar-refractivity contribution in [2.45, 2.75) is 23.7 Å². The largest absolute Gasteiger partial charge is 0.192 e. The molecule has 4 unspecified atom stereocenters. The van der Waals surface area contributed by atoms with E-state index in [1.807, 2.05) is 0 Å². The second-order valence-electron chi connectivity index (χ2n) is 21.7. The summed E-state index contributed by atoms with van der Waals surface area (Å²) in [7, 11) is 0. The van der Waals surface area contributed by atoms with Gasteiger partial charge in [-0.25, -0.2) is 0 Å². The summed E-state index contributed by atoms with van der Waals surface area (Å²) in [5.41, 5.74) is 24.0. The molecule has 2 nitrogen and oxygen atoms in total. The predicted molar refractivity (Wildman–Crippen MR) is 317 cm³/mol. The van der Waals surface area contributed by atoms with Crippen LogP contribution in [-0.4, -0.2) is 0 Å². The molecule has 78 heavy (non-hydrogen) atoms. The zero-order valence-corrected chi connectivity index (χ0v) is 42.3. The van der Waals surface area contributed by atoms with E-state index >= 15 is 0 Å². The Balaban J connectivity index is 1.12. The predicted octanol–water partition coefficient (Wildman–Crippen LogP) is 18.7. The number of fused-ring (bicyclic) bond motifs is 20. The topological polar surface area (TPSA) is 47.6 Å². The van der Waals surface area contributed by atoms with Gasteiger partial charge in [0.25, 0.3) is 0 Å². The lowest BCUT2D eigenvalue weighted by molar-refractivity contribution is 0.839. The zero-order valence-electron chi connectivity index (χ0n) is 42.3. The highest BCUT2D eigenvalue weighted by molar-refractivity contribution is 6.07. The molecule has 358 valence electrons.